The summed E-state index contributed by atoms with van der Waals surface area (Å²) >= 11 is 10.9. The van der Waals surface area contributed by atoms with Crippen LogP contribution in [0, 0.1) is 0 Å². The molecular formula is C12H18BrClN2O2S2. The molecule has 2 rings (SSSR count). The first kappa shape index (κ1) is 16.7. The molecule has 1 aromatic rings. The van der Waals surface area contributed by atoms with Crippen molar-refractivity contribution in [3.63, 3.8) is 0 Å². The number of alkyl halides is 1. The third kappa shape index (κ3) is 3.75. The zero-order valence-electron chi connectivity index (χ0n) is 11.3. The summed E-state index contributed by atoms with van der Waals surface area (Å²) in [6.07, 6.45) is 2.80. The van der Waals surface area contributed by atoms with E-state index in [1.807, 2.05) is 11.4 Å². The molecule has 0 radical (unpaired) electrons. The molecule has 1 fully saturated rings. The van der Waals surface area contributed by atoms with Crippen LogP contribution in [0.1, 0.15) is 24.1 Å². The van der Waals surface area contributed by atoms with E-state index in [4.69, 9.17) is 11.6 Å². The highest BCUT2D eigenvalue weighted by molar-refractivity contribution is 9.10. The number of hydrogen-bond donors (Lipinski definition) is 0. The Labute approximate surface area is 138 Å². The lowest BCUT2D eigenvalue weighted by molar-refractivity contribution is 0.252. The lowest BCUT2D eigenvalue weighted by Gasteiger charge is -2.35. The van der Waals surface area contributed by atoms with Crippen molar-refractivity contribution in [1.29, 1.82) is 0 Å². The molecule has 2 heterocycles. The highest BCUT2D eigenvalue weighted by atomic mass is 79.9. The smallest absolute Gasteiger partial charge is 0.195 e. The Morgan fingerprint density at radius 1 is 1.55 bits per heavy atom. The van der Waals surface area contributed by atoms with E-state index in [1.54, 1.807) is 22.7 Å². The summed E-state index contributed by atoms with van der Waals surface area (Å²) in [6.45, 7) is 0.961. The fourth-order valence-corrected chi connectivity index (χ4v) is 5.91. The van der Waals surface area contributed by atoms with Crippen molar-refractivity contribution < 1.29 is 8.42 Å². The molecule has 20 heavy (non-hydrogen) atoms. The minimum Gasteiger partial charge on any atom is -0.195 e. The second-order valence-electron chi connectivity index (χ2n) is 4.91. The Morgan fingerprint density at radius 2 is 2.30 bits per heavy atom. The van der Waals surface area contributed by atoms with Crippen molar-refractivity contribution in [2.45, 2.75) is 31.8 Å². The molecular weight excluding hydrogens is 384 g/mol. The van der Waals surface area contributed by atoms with Gasteiger partial charge in [0.25, 0.3) is 10.2 Å². The van der Waals surface area contributed by atoms with Gasteiger partial charge in [-0.25, -0.2) is 0 Å². The maximum Gasteiger partial charge on any atom is 0.282 e. The molecule has 0 amide bonds. The van der Waals surface area contributed by atoms with E-state index in [9.17, 15) is 8.42 Å². The minimum absolute atomic E-state index is 0.0760. The predicted molar refractivity (Wildman–Crippen MR) is 87.5 cm³/mol. The molecule has 8 heteroatoms. The summed E-state index contributed by atoms with van der Waals surface area (Å²) in [5, 5.41) is 1.96. The monoisotopic (exact) mass is 400 g/mol. The molecule has 0 bridgehead atoms. The van der Waals surface area contributed by atoms with Gasteiger partial charge in [-0.05, 0) is 34.8 Å². The molecule has 114 valence electrons. The van der Waals surface area contributed by atoms with Gasteiger partial charge in [-0.2, -0.15) is 17.0 Å². The molecule has 1 saturated heterocycles. The van der Waals surface area contributed by atoms with E-state index in [2.05, 4.69) is 15.9 Å². The Morgan fingerprint density at radius 3 is 2.90 bits per heavy atom. The van der Waals surface area contributed by atoms with Gasteiger partial charge >= 0.3 is 0 Å². The largest absolute Gasteiger partial charge is 0.282 e. The van der Waals surface area contributed by atoms with E-state index in [0.717, 1.165) is 28.6 Å². The van der Waals surface area contributed by atoms with Crippen molar-refractivity contribution >= 4 is 49.1 Å². The highest BCUT2D eigenvalue weighted by Crippen LogP contribution is 2.26. The van der Waals surface area contributed by atoms with Gasteiger partial charge in [0.15, 0.2) is 0 Å². The summed E-state index contributed by atoms with van der Waals surface area (Å²) < 4.78 is 29.3. The molecule has 4 nitrogen and oxygen atoms in total. The maximum atomic E-state index is 12.7. The first-order chi connectivity index (χ1) is 9.45. The van der Waals surface area contributed by atoms with Gasteiger partial charge in [-0.1, -0.05) is 6.42 Å². The fourth-order valence-electron chi connectivity index (χ4n) is 2.35. The Hall–Kier alpha value is 0.340. The van der Waals surface area contributed by atoms with Crippen molar-refractivity contribution in [2.24, 2.45) is 0 Å². The van der Waals surface area contributed by atoms with E-state index >= 15 is 0 Å². The van der Waals surface area contributed by atoms with Gasteiger partial charge in [0.2, 0.25) is 0 Å². The van der Waals surface area contributed by atoms with Crippen LogP contribution < -0.4 is 0 Å². The van der Waals surface area contributed by atoms with Gasteiger partial charge in [-0.3, -0.25) is 0 Å². The van der Waals surface area contributed by atoms with Gasteiger partial charge in [0, 0.05) is 46.8 Å². The second kappa shape index (κ2) is 7.07. The van der Waals surface area contributed by atoms with Crippen LogP contribution in [0.25, 0.3) is 0 Å². The van der Waals surface area contributed by atoms with E-state index in [1.165, 1.54) is 4.31 Å². The number of rotatable bonds is 5. The molecule has 0 saturated carbocycles. The van der Waals surface area contributed by atoms with Crippen LogP contribution in [0.5, 0.6) is 0 Å². The summed E-state index contributed by atoms with van der Waals surface area (Å²) in [5.74, 6) is 0.359. The molecule has 1 atom stereocenters. The Kier molecular flexibility index (Phi) is 5.90. The third-order valence-corrected chi connectivity index (χ3v) is 7.47. The van der Waals surface area contributed by atoms with Crippen LogP contribution in [0.3, 0.4) is 0 Å². The van der Waals surface area contributed by atoms with Crippen LogP contribution in [0.4, 0.5) is 0 Å². The zero-order chi connectivity index (χ0) is 14.8. The molecule has 0 aromatic carbocycles. The normalized spacial score (nSPS) is 21.5. The predicted octanol–water partition coefficient (Wildman–Crippen LogP) is 3.28. The van der Waals surface area contributed by atoms with Crippen molar-refractivity contribution in [1.82, 2.24) is 8.61 Å². The summed E-state index contributed by atoms with van der Waals surface area (Å²) in [5.41, 5.74) is 0. The van der Waals surface area contributed by atoms with Crippen LogP contribution >= 0.6 is 38.9 Å². The lowest BCUT2D eigenvalue weighted by atomic mass is 10.1. The summed E-state index contributed by atoms with van der Waals surface area (Å²) in [4.78, 5) is 1.02. The van der Waals surface area contributed by atoms with Gasteiger partial charge in [0.1, 0.15) is 0 Å². The van der Waals surface area contributed by atoms with Crippen molar-refractivity contribution in [3.8, 4) is 0 Å². The number of piperidine rings is 1. The minimum atomic E-state index is -3.44. The van der Waals surface area contributed by atoms with Gasteiger partial charge < -0.3 is 0 Å². The maximum absolute atomic E-state index is 12.7. The lowest BCUT2D eigenvalue weighted by Crippen LogP contribution is -2.50. The fraction of sp³-hybridized carbons (Fsp3) is 0.667. The highest BCUT2D eigenvalue weighted by Gasteiger charge is 2.34. The zero-order valence-corrected chi connectivity index (χ0v) is 15.2. The standard InChI is InChI=1S/C12H18BrClN2O2S2/c1-15(8-12-6-10(13)9-19-12)20(17,18)16-5-3-2-4-11(16)7-14/h6,9,11H,2-5,7-8H2,1H3. The quantitative estimate of drug-likeness (QED) is 0.710. The topological polar surface area (TPSA) is 40.6 Å². The SMILES string of the molecule is CN(Cc1cc(Br)cs1)S(=O)(=O)N1CCCCC1CCl. The Balaban J connectivity index is 2.11. The Bertz CT molecular complexity index is 549. The first-order valence-corrected chi connectivity index (χ1v) is 10.1. The van der Waals surface area contributed by atoms with Crippen LogP contribution in [-0.4, -0.2) is 42.5 Å². The molecule has 0 aliphatic carbocycles. The molecule has 1 aliphatic rings. The van der Waals surface area contributed by atoms with Crippen LogP contribution in [0.15, 0.2) is 15.9 Å². The van der Waals surface area contributed by atoms with E-state index in [-0.39, 0.29) is 6.04 Å². The van der Waals surface area contributed by atoms with Crippen LogP contribution in [0.2, 0.25) is 0 Å². The molecule has 1 unspecified atom stereocenters. The molecule has 1 aromatic heterocycles. The van der Waals surface area contributed by atoms with Crippen molar-refractivity contribution in [2.75, 3.05) is 19.5 Å². The average Bonchev–Trinajstić information content (AvgIpc) is 2.84. The molecule has 1 aliphatic heterocycles. The summed E-state index contributed by atoms with van der Waals surface area (Å²) in [7, 11) is -1.81. The summed E-state index contributed by atoms with van der Waals surface area (Å²) in [6, 6.07) is 1.87. The molecule has 0 spiro atoms. The number of hydrogen-bond acceptors (Lipinski definition) is 3. The third-order valence-electron chi connectivity index (χ3n) is 3.44. The van der Waals surface area contributed by atoms with Gasteiger partial charge in [0.05, 0.1) is 0 Å². The first-order valence-electron chi connectivity index (χ1n) is 6.47. The number of halogens is 2. The van der Waals surface area contributed by atoms with Crippen LogP contribution in [-0.2, 0) is 16.8 Å². The molecule has 0 N–H and O–H groups in total. The van der Waals surface area contributed by atoms with Gasteiger partial charge in [-0.15, -0.1) is 22.9 Å². The van der Waals surface area contributed by atoms with Crippen molar-refractivity contribution in [3.05, 3.63) is 20.8 Å². The van der Waals surface area contributed by atoms with E-state index < -0.39 is 10.2 Å². The number of nitrogens with zero attached hydrogens (tertiary/aromatic N) is 2. The van der Waals surface area contributed by atoms with E-state index in [0.29, 0.717) is 19.0 Å². The average molecular weight is 402 g/mol. The number of thiophene rings is 1. The second-order valence-corrected chi connectivity index (χ2v) is 9.12.